The van der Waals surface area contributed by atoms with Crippen molar-refractivity contribution in [3.8, 4) is 0 Å². The second-order valence-corrected chi connectivity index (χ2v) is 10.4. The minimum atomic E-state index is -5.30. The fourth-order valence-corrected chi connectivity index (χ4v) is 4.63. The Morgan fingerprint density at radius 3 is 1.80 bits per heavy atom. The largest absolute Gasteiger partial charge is 0.369 e. The summed E-state index contributed by atoms with van der Waals surface area (Å²) < 4.78 is 51.3. The van der Waals surface area contributed by atoms with Crippen LogP contribution in [0.15, 0.2) is 29.2 Å². The van der Waals surface area contributed by atoms with Gasteiger partial charge in [-0.2, -0.15) is 8.42 Å². The summed E-state index contributed by atoms with van der Waals surface area (Å²) in [6, 6.07) is 6.27. The number of benzene rings is 1. The molecule has 0 aromatic heterocycles. The molecule has 0 bridgehead atoms. The highest BCUT2D eigenvalue weighted by atomic mass is 32.2. The summed E-state index contributed by atoms with van der Waals surface area (Å²) in [6.07, 6.45) is -0.856. The van der Waals surface area contributed by atoms with E-state index in [9.17, 15) is 22.7 Å². The van der Waals surface area contributed by atoms with Crippen LogP contribution in [0.5, 0.6) is 0 Å². The highest BCUT2D eigenvalue weighted by Gasteiger charge is 2.58. The Balaban J connectivity index is 0.000000472. The first kappa shape index (κ1) is 24.4. The zero-order valence-corrected chi connectivity index (χ0v) is 15.7. The standard InChI is InChI=1S/C7H8O3S.C4H13NO7P2/c1-6-4-2-3-5-7(6)11(8,9)10;5-3-1-2-4(6,13(7,8)9)14(10,11)12/h2-5H,1H3,(H,8,9,10);6H,1-3,5H2,(H2,7,8,9)(H2,10,11,12). The molecule has 0 saturated heterocycles. The second-order valence-electron chi connectivity index (χ2n) is 5.00. The van der Waals surface area contributed by atoms with Gasteiger partial charge in [0, 0.05) is 6.42 Å². The van der Waals surface area contributed by atoms with Gasteiger partial charge in [0.05, 0.1) is 4.90 Å². The molecule has 0 atom stereocenters. The molecule has 146 valence electrons. The van der Waals surface area contributed by atoms with Crippen LogP contribution in [0.25, 0.3) is 0 Å². The van der Waals surface area contributed by atoms with E-state index in [1.807, 2.05) is 0 Å². The fourth-order valence-electron chi connectivity index (χ4n) is 1.65. The van der Waals surface area contributed by atoms with E-state index in [0.717, 1.165) is 0 Å². The van der Waals surface area contributed by atoms with E-state index >= 15 is 0 Å². The van der Waals surface area contributed by atoms with Crippen molar-refractivity contribution < 1.29 is 46.8 Å². The van der Waals surface area contributed by atoms with Crippen molar-refractivity contribution in [2.75, 3.05) is 6.54 Å². The number of aryl methyl sites for hydroxylation is 1. The SMILES string of the molecule is Cc1ccccc1S(=O)(=O)O.NCCCC(O)(P(=O)(O)O)P(=O)(O)O. The lowest BCUT2D eigenvalue weighted by Crippen LogP contribution is -2.29. The van der Waals surface area contributed by atoms with Crippen molar-refractivity contribution in [1.82, 2.24) is 0 Å². The highest BCUT2D eigenvalue weighted by molar-refractivity contribution is 7.85. The zero-order valence-electron chi connectivity index (χ0n) is 13.1. The molecule has 0 fully saturated rings. The molecule has 0 heterocycles. The maximum atomic E-state index is 10.7. The molecule has 14 heteroatoms. The Kier molecular flexibility index (Phi) is 8.60. The van der Waals surface area contributed by atoms with E-state index in [0.29, 0.717) is 5.56 Å². The maximum Gasteiger partial charge on any atom is 0.369 e. The molecule has 0 aliphatic rings. The Labute approximate surface area is 144 Å². The van der Waals surface area contributed by atoms with E-state index in [1.165, 1.54) is 6.07 Å². The number of nitrogens with two attached hydrogens (primary N) is 1. The molecular formula is C11H21NO10P2S. The predicted octanol–water partition coefficient (Wildman–Crippen LogP) is -0.0315. The molecule has 8 N–H and O–H groups in total. The van der Waals surface area contributed by atoms with Crippen molar-refractivity contribution in [2.24, 2.45) is 5.73 Å². The van der Waals surface area contributed by atoms with E-state index in [4.69, 9.17) is 29.9 Å². The summed E-state index contributed by atoms with van der Waals surface area (Å²) in [4.78, 5) is 34.5. The van der Waals surface area contributed by atoms with Gasteiger partial charge in [-0.3, -0.25) is 13.7 Å². The van der Waals surface area contributed by atoms with Gasteiger partial charge in [-0.25, -0.2) is 0 Å². The van der Waals surface area contributed by atoms with Crippen LogP contribution >= 0.6 is 15.2 Å². The molecule has 25 heavy (non-hydrogen) atoms. The minimum Gasteiger partial charge on any atom is -0.368 e. The molecule has 0 aliphatic carbocycles. The van der Waals surface area contributed by atoms with Crippen molar-refractivity contribution in [2.45, 2.75) is 29.7 Å². The van der Waals surface area contributed by atoms with Crippen molar-refractivity contribution in [3.05, 3.63) is 29.8 Å². The van der Waals surface area contributed by atoms with Gasteiger partial charge in [0.2, 0.25) is 0 Å². The van der Waals surface area contributed by atoms with E-state index in [-0.39, 0.29) is 17.9 Å². The smallest absolute Gasteiger partial charge is 0.368 e. The minimum absolute atomic E-state index is 0.0278. The summed E-state index contributed by atoms with van der Waals surface area (Å²) in [6.45, 7) is 1.59. The van der Waals surface area contributed by atoms with Crippen LogP contribution in [0.1, 0.15) is 18.4 Å². The average molecular weight is 421 g/mol. The van der Waals surface area contributed by atoms with Gasteiger partial charge in [0.1, 0.15) is 0 Å². The average Bonchev–Trinajstić information content (AvgIpc) is 2.42. The van der Waals surface area contributed by atoms with Gasteiger partial charge in [-0.05, 0) is 31.5 Å². The van der Waals surface area contributed by atoms with Crippen LogP contribution in [0, 0.1) is 6.92 Å². The molecule has 1 aromatic rings. The van der Waals surface area contributed by atoms with Crippen LogP contribution in [0.4, 0.5) is 0 Å². The van der Waals surface area contributed by atoms with Gasteiger partial charge in [0.15, 0.2) is 0 Å². The number of hydrogen-bond acceptors (Lipinski definition) is 6. The molecule has 0 radical (unpaired) electrons. The van der Waals surface area contributed by atoms with Crippen molar-refractivity contribution in [3.63, 3.8) is 0 Å². The molecular weight excluding hydrogens is 400 g/mol. The monoisotopic (exact) mass is 421 g/mol. The van der Waals surface area contributed by atoms with Gasteiger partial charge in [0.25, 0.3) is 15.2 Å². The Hall–Kier alpha value is -0.650. The summed E-state index contributed by atoms with van der Waals surface area (Å²) in [5, 5.41) is 5.91. The highest BCUT2D eigenvalue weighted by Crippen LogP contribution is 2.69. The van der Waals surface area contributed by atoms with Crippen LogP contribution in [-0.4, -0.2) is 49.3 Å². The third-order valence-corrected chi connectivity index (χ3v) is 7.91. The third-order valence-electron chi connectivity index (χ3n) is 3.02. The fraction of sp³-hybridized carbons (Fsp3) is 0.455. The van der Waals surface area contributed by atoms with Gasteiger partial charge in [-0.1, -0.05) is 18.2 Å². The summed E-state index contributed by atoms with van der Waals surface area (Å²) >= 11 is 0. The lowest BCUT2D eigenvalue weighted by atomic mass is 10.2. The quantitative estimate of drug-likeness (QED) is 0.239. The number of aliphatic hydroxyl groups is 1. The van der Waals surface area contributed by atoms with Crippen LogP contribution in [0.3, 0.4) is 0 Å². The number of hydrogen-bond donors (Lipinski definition) is 7. The van der Waals surface area contributed by atoms with Gasteiger partial charge >= 0.3 is 15.2 Å². The molecule has 0 amide bonds. The zero-order chi connectivity index (χ0) is 20.1. The van der Waals surface area contributed by atoms with E-state index < -0.39 is 36.8 Å². The number of rotatable bonds is 6. The Bertz CT molecular complexity index is 747. The molecule has 0 saturated carbocycles. The molecule has 0 spiro atoms. The van der Waals surface area contributed by atoms with E-state index in [2.05, 4.69) is 0 Å². The van der Waals surface area contributed by atoms with Gasteiger partial charge in [-0.15, -0.1) is 0 Å². The molecule has 0 aliphatic heterocycles. The summed E-state index contributed by atoms with van der Waals surface area (Å²) in [5.41, 5.74) is 5.56. The first-order chi connectivity index (χ1) is 11.1. The summed E-state index contributed by atoms with van der Waals surface area (Å²) in [5.74, 6) is 0. The first-order valence-corrected chi connectivity index (χ1v) is 11.3. The molecule has 1 aromatic carbocycles. The van der Waals surface area contributed by atoms with Crippen LogP contribution in [-0.2, 0) is 19.2 Å². The van der Waals surface area contributed by atoms with Crippen molar-refractivity contribution >= 4 is 25.3 Å². The molecule has 1 rings (SSSR count). The lowest BCUT2D eigenvalue weighted by molar-refractivity contribution is 0.121. The normalized spacial score (nSPS) is 13.1. The van der Waals surface area contributed by atoms with Crippen molar-refractivity contribution in [1.29, 1.82) is 0 Å². The Morgan fingerprint density at radius 2 is 1.52 bits per heavy atom. The van der Waals surface area contributed by atoms with Crippen LogP contribution in [0.2, 0.25) is 0 Å². The molecule has 0 unspecified atom stereocenters. The maximum absolute atomic E-state index is 10.7. The lowest BCUT2D eigenvalue weighted by Gasteiger charge is -2.28. The van der Waals surface area contributed by atoms with Gasteiger partial charge < -0.3 is 30.4 Å². The second kappa shape index (κ2) is 8.83. The topological polar surface area (TPSA) is 216 Å². The Morgan fingerprint density at radius 1 is 1.08 bits per heavy atom. The molecule has 11 nitrogen and oxygen atoms in total. The summed E-state index contributed by atoms with van der Waals surface area (Å²) in [7, 11) is -14.6. The predicted molar refractivity (Wildman–Crippen MR) is 88.3 cm³/mol. The van der Waals surface area contributed by atoms with Crippen LogP contribution < -0.4 is 5.73 Å². The first-order valence-electron chi connectivity index (χ1n) is 6.65. The van der Waals surface area contributed by atoms with E-state index in [1.54, 1.807) is 25.1 Å². The third kappa shape index (κ3) is 6.87.